The van der Waals surface area contributed by atoms with Crippen LogP contribution in [0, 0.1) is 0 Å². The zero-order valence-electron chi connectivity index (χ0n) is 8.80. The van der Waals surface area contributed by atoms with Gasteiger partial charge in [0.25, 0.3) is 0 Å². The number of hydrogen-bond donors (Lipinski definition) is 1. The molecule has 5 heteroatoms. The second kappa shape index (κ2) is 5.09. The molecule has 5 nitrogen and oxygen atoms in total. The van der Waals surface area contributed by atoms with Crippen LogP contribution in [-0.2, 0) is 16.0 Å². The van der Waals surface area contributed by atoms with Crippen molar-refractivity contribution in [3.63, 3.8) is 0 Å². The summed E-state index contributed by atoms with van der Waals surface area (Å²) in [5, 5.41) is 4.13. The predicted octanol–water partition coefficient (Wildman–Crippen LogP) is 0.522. The number of nitrogens with two attached hydrogens (primary N) is 1. The molecule has 1 atom stereocenters. The molecule has 2 N–H and O–H groups in total. The minimum absolute atomic E-state index is 0.301. The van der Waals surface area contributed by atoms with Crippen LogP contribution in [0.2, 0.25) is 0 Å². The second-order valence-electron chi connectivity index (χ2n) is 2.99. The van der Waals surface area contributed by atoms with Gasteiger partial charge in [-0.15, -0.1) is 0 Å². The molecular weight excluding hydrogens is 182 g/mol. The number of rotatable bonds is 5. The largest absolute Gasteiger partial charge is 0.354 e. The highest BCUT2D eigenvalue weighted by Crippen LogP contribution is 2.15. The molecule has 0 aliphatic carbocycles. The van der Waals surface area contributed by atoms with Crippen molar-refractivity contribution in [3.05, 3.63) is 18.0 Å². The summed E-state index contributed by atoms with van der Waals surface area (Å²) >= 11 is 0. The number of aryl methyl sites for hydroxylation is 1. The van der Waals surface area contributed by atoms with E-state index in [1.165, 1.54) is 0 Å². The van der Waals surface area contributed by atoms with Crippen molar-refractivity contribution in [2.75, 3.05) is 14.2 Å². The van der Waals surface area contributed by atoms with Crippen molar-refractivity contribution in [3.8, 4) is 0 Å². The lowest BCUT2D eigenvalue weighted by Gasteiger charge is -2.19. The van der Waals surface area contributed by atoms with E-state index >= 15 is 0 Å². The molecule has 0 spiro atoms. The molecule has 0 saturated heterocycles. The number of nitrogens with zero attached hydrogens (tertiary/aromatic N) is 2. The maximum Gasteiger partial charge on any atom is 0.176 e. The molecule has 0 bridgehead atoms. The third-order valence-corrected chi connectivity index (χ3v) is 2.12. The van der Waals surface area contributed by atoms with Gasteiger partial charge in [-0.1, -0.05) is 0 Å². The van der Waals surface area contributed by atoms with Crippen molar-refractivity contribution in [2.24, 2.45) is 5.73 Å². The quantitative estimate of drug-likeness (QED) is 0.702. The zero-order valence-corrected chi connectivity index (χ0v) is 8.80. The van der Waals surface area contributed by atoms with Gasteiger partial charge in [0.15, 0.2) is 6.29 Å². The molecule has 0 saturated carbocycles. The Labute approximate surface area is 83.8 Å². The fraction of sp³-hybridized carbons (Fsp3) is 0.667. The average Bonchev–Trinajstić information content (AvgIpc) is 2.67. The SMILES string of the molecule is CCn1cc(C(N)C(OC)OC)cn1. The lowest BCUT2D eigenvalue weighted by atomic mass is 10.2. The Morgan fingerprint density at radius 1 is 1.50 bits per heavy atom. The average molecular weight is 199 g/mol. The van der Waals surface area contributed by atoms with Gasteiger partial charge in [-0.3, -0.25) is 4.68 Å². The van der Waals surface area contributed by atoms with Gasteiger partial charge in [0.1, 0.15) is 0 Å². The monoisotopic (exact) mass is 199 g/mol. The van der Waals surface area contributed by atoms with Crippen molar-refractivity contribution < 1.29 is 9.47 Å². The lowest BCUT2D eigenvalue weighted by molar-refractivity contribution is -0.117. The first-order chi connectivity index (χ1) is 6.72. The van der Waals surface area contributed by atoms with Crippen LogP contribution in [0.4, 0.5) is 0 Å². The van der Waals surface area contributed by atoms with E-state index in [1.54, 1.807) is 20.4 Å². The summed E-state index contributed by atoms with van der Waals surface area (Å²) in [6, 6.07) is -0.301. The second-order valence-corrected chi connectivity index (χ2v) is 2.99. The molecule has 0 aliphatic rings. The van der Waals surface area contributed by atoms with Gasteiger partial charge < -0.3 is 15.2 Å². The molecule has 80 valence electrons. The summed E-state index contributed by atoms with van der Waals surface area (Å²) in [4.78, 5) is 0. The van der Waals surface area contributed by atoms with E-state index in [9.17, 15) is 0 Å². The first-order valence-electron chi connectivity index (χ1n) is 4.56. The predicted molar refractivity (Wildman–Crippen MR) is 52.6 cm³/mol. The smallest absolute Gasteiger partial charge is 0.176 e. The van der Waals surface area contributed by atoms with Gasteiger partial charge in [0.05, 0.1) is 12.2 Å². The Morgan fingerprint density at radius 3 is 2.57 bits per heavy atom. The fourth-order valence-electron chi connectivity index (χ4n) is 1.27. The highest BCUT2D eigenvalue weighted by atomic mass is 16.7. The Balaban J connectivity index is 2.72. The Bertz CT molecular complexity index is 271. The van der Waals surface area contributed by atoms with E-state index in [0.717, 1.165) is 12.1 Å². The number of hydrogen-bond acceptors (Lipinski definition) is 4. The van der Waals surface area contributed by atoms with Crippen LogP contribution in [0.5, 0.6) is 0 Å². The molecule has 1 unspecified atom stereocenters. The van der Waals surface area contributed by atoms with E-state index in [4.69, 9.17) is 15.2 Å². The van der Waals surface area contributed by atoms with Crippen LogP contribution in [0.1, 0.15) is 18.5 Å². The van der Waals surface area contributed by atoms with Crippen molar-refractivity contribution in [1.82, 2.24) is 9.78 Å². The first kappa shape index (κ1) is 11.2. The number of methoxy groups -OCH3 is 2. The number of ether oxygens (including phenoxy) is 2. The maximum absolute atomic E-state index is 5.92. The summed E-state index contributed by atoms with van der Waals surface area (Å²) in [5.41, 5.74) is 6.84. The molecule has 1 aromatic heterocycles. The summed E-state index contributed by atoms with van der Waals surface area (Å²) in [6.45, 7) is 2.85. The molecule has 0 aromatic carbocycles. The van der Waals surface area contributed by atoms with Gasteiger partial charge in [-0.2, -0.15) is 5.10 Å². The highest BCUT2D eigenvalue weighted by Gasteiger charge is 2.19. The van der Waals surface area contributed by atoms with Crippen molar-refractivity contribution in [2.45, 2.75) is 25.8 Å². The highest BCUT2D eigenvalue weighted by molar-refractivity contribution is 5.10. The van der Waals surface area contributed by atoms with Crippen LogP contribution >= 0.6 is 0 Å². The van der Waals surface area contributed by atoms with E-state index < -0.39 is 6.29 Å². The first-order valence-corrected chi connectivity index (χ1v) is 4.56. The molecule has 1 heterocycles. The van der Waals surface area contributed by atoms with Gasteiger partial charge >= 0.3 is 0 Å². The third kappa shape index (κ3) is 2.31. The summed E-state index contributed by atoms with van der Waals surface area (Å²) in [6.07, 6.45) is 3.21. The number of aromatic nitrogens is 2. The van der Waals surface area contributed by atoms with Crippen LogP contribution in [0.25, 0.3) is 0 Å². The molecule has 0 amide bonds. The standard InChI is InChI=1S/C9H17N3O2/c1-4-12-6-7(5-11-12)8(10)9(13-2)14-3/h5-6,8-9H,4,10H2,1-3H3. The van der Waals surface area contributed by atoms with Gasteiger partial charge in [0, 0.05) is 32.5 Å². The van der Waals surface area contributed by atoms with Crippen LogP contribution in [-0.4, -0.2) is 30.3 Å². The zero-order chi connectivity index (χ0) is 10.6. The Hall–Kier alpha value is -0.910. The lowest BCUT2D eigenvalue weighted by Crippen LogP contribution is -2.29. The molecule has 0 aliphatic heterocycles. The Morgan fingerprint density at radius 2 is 2.14 bits per heavy atom. The topological polar surface area (TPSA) is 62.3 Å². The van der Waals surface area contributed by atoms with E-state index in [-0.39, 0.29) is 6.04 Å². The minimum atomic E-state index is -0.426. The minimum Gasteiger partial charge on any atom is -0.354 e. The van der Waals surface area contributed by atoms with Crippen molar-refractivity contribution in [1.29, 1.82) is 0 Å². The van der Waals surface area contributed by atoms with E-state index in [1.807, 2.05) is 17.8 Å². The fourth-order valence-corrected chi connectivity index (χ4v) is 1.27. The molecule has 1 aromatic rings. The van der Waals surface area contributed by atoms with E-state index in [0.29, 0.717) is 0 Å². The molecular formula is C9H17N3O2. The summed E-state index contributed by atoms with van der Waals surface area (Å²) in [5.74, 6) is 0. The summed E-state index contributed by atoms with van der Waals surface area (Å²) in [7, 11) is 3.14. The molecule has 0 radical (unpaired) electrons. The van der Waals surface area contributed by atoms with Crippen LogP contribution in [0.15, 0.2) is 12.4 Å². The van der Waals surface area contributed by atoms with Crippen LogP contribution < -0.4 is 5.73 Å². The normalized spacial score (nSPS) is 13.5. The maximum atomic E-state index is 5.92. The van der Waals surface area contributed by atoms with Gasteiger partial charge in [0.2, 0.25) is 0 Å². The third-order valence-electron chi connectivity index (χ3n) is 2.12. The van der Waals surface area contributed by atoms with Gasteiger partial charge in [-0.05, 0) is 6.92 Å². The van der Waals surface area contributed by atoms with Crippen LogP contribution in [0.3, 0.4) is 0 Å². The summed E-state index contributed by atoms with van der Waals surface area (Å²) < 4.78 is 12.0. The Kier molecular flexibility index (Phi) is 4.06. The molecule has 1 rings (SSSR count). The van der Waals surface area contributed by atoms with E-state index in [2.05, 4.69) is 5.10 Å². The molecule has 0 fully saturated rings. The van der Waals surface area contributed by atoms with Crippen molar-refractivity contribution >= 4 is 0 Å². The van der Waals surface area contributed by atoms with Gasteiger partial charge in [-0.25, -0.2) is 0 Å². The molecule has 14 heavy (non-hydrogen) atoms.